The standard InChI is InChI=1S/C10H12N2O3/c13-7-15-6-4-8-1-2-9-11-5-3-10(14)12(8)9/h3,5,7-8H,1-2,4,6H2. The Hall–Kier alpha value is -1.65. The van der Waals surface area contributed by atoms with Crippen LogP contribution in [0.1, 0.15) is 24.7 Å². The largest absolute Gasteiger partial charge is 0.468 e. The van der Waals surface area contributed by atoms with Gasteiger partial charge in [0.2, 0.25) is 0 Å². The molecule has 0 saturated heterocycles. The molecule has 0 radical (unpaired) electrons. The Balaban J connectivity index is 2.13. The van der Waals surface area contributed by atoms with Gasteiger partial charge in [0.1, 0.15) is 5.82 Å². The average molecular weight is 208 g/mol. The predicted molar refractivity (Wildman–Crippen MR) is 52.5 cm³/mol. The van der Waals surface area contributed by atoms with Crippen LogP contribution in [0.3, 0.4) is 0 Å². The van der Waals surface area contributed by atoms with E-state index in [0.29, 0.717) is 19.5 Å². The Morgan fingerprint density at radius 3 is 3.33 bits per heavy atom. The van der Waals surface area contributed by atoms with Crippen LogP contribution in [0.5, 0.6) is 0 Å². The molecule has 0 fully saturated rings. The summed E-state index contributed by atoms with van der Waals surface area (Å²) < 4.78 is 6.34. The lowest BCUT2D eigenvalue weighted by atomic mass is 10.1. The molecule has 0 aromatic carbocycles. The Kier molecular flexibility index (Phi) is 2.80. The first kappa shape index (κ1) is 9.89. The molecule has 0 aliphatic carbocycles. The molecular formula is C10H12N2O3. The molecule has 1 aromatic rings. The van der Waals surface area contributed by atoms with Crippen molar-refractivity contribution in [2.45, 2.75) is 25.3 Å². The van der Waals surface area contributed by atoms with E-state index in [9.17, 15) is 9.59 Å². The van der Waals surface area contributed by atoms with Crippen molar-refractivity contribution in [2.24, 2.45) is 0 Å². The summed E-state index contributed by atoms with van der Waals surface area (Å²) in [4.78, 5) is 25.7. The highest BCUT2D eigenvalue weighted by Crippen LogP contribution is 2.24. The summed E-state index contributed by atoms with van der Waals surface area (Å²) in [5.74, 6) is 0.832. The van der Waals surface area contributed by atoms with Crippen molar-refractivity contribution in [1.82, 2.24) is 9.55 Å². The van der Waals surface area contributed by atoms with Crippen molar-refractivity contribution in [2.75, 3.05) is 6.61 Å². The number of rotatable bonds is 4. The van der Waals surface area contributed by atoms with Crippen molar-refractivity contribution in [3.63, 3.8) is 0 Å². The summed E-state index contributed by atoms with van der Waals surface area (Å²) in [6.07, 6.45) is 3.94. The molecule has 5 heteroatoms. The molecule has 1 aliphatic rings. The number of nitrogens with zero attached hydrogens (tertiary/aromatic N) is 2. The maximum absolute atomic E-state index is 11.6. The number of fused-ring (bicyclic) bond motifs is 1. The molecule has 0 N–H and O–H groups in total. The summed E-state index contributed by atoms with van der Waals surface area (Å²) in [5, 5.41) is 0. The molecule has 15 heavy (non-hydrogen) atoms. The van der Waals surface area contributed by atoms with Gasteiger partial charge in [-0.05, 0) is 6.42 Å². The first-order valence-electron chi connectivity index (χ1n) is 4.94. The molecule has 1 unspecified atom stereocenters. The molecule has 2 heterocycles. The molecular weight excluding hydrogens is 196 g/mol. The molecule has 5 nitrogen and oxygen atoms in total. The zero-order valence-corrected chi connectivity index (χ0v) is 8.26. The van der Waals surface area contributed by atoms with Crippen molar-refractivity contribution < 1.29 is 9.53 Å². The highest BCUT2D eigenvalue weighted by Gasteiger charge is 2.23. The lowest BCUT2D eigenvalue weighted by Gasteiger charge is -2.12. The van der Waals surface area contributed by atoms with Crippen LogP contribution < -0.4 is 5.56 Å². The zero-order valence-electron chi connectivity index (χ0n) is 8.26. The minimum atomic E-state index is -0.0198. The van der Waals surface area contributed by atoms with Crippen molar-refractivity contribution >= 4 is 6.47 Å². The van der Waals surface area contributed by atoms with Gasteiger partial charge in [-0.25, -0.2) is 4.98 Å². The SMILES string of the molecule is O=COCCC1CCc2nccc(=O)n21. The number of carbonyl (C=O) groups excluding carboxylic acids is 1. The van der Waals surface area contributed by atoms with E-state index >= 15 is 0 Å². The van der Waals surface area contributed by atoms with Gasteiger partial charge in [-0.1, -0.05) is 0 Å². The van der Waals surface area contributed by atoms with Gasteiger partial charge in [0, 0.05) is 31.1 Å². The molecule has 0 amide bonds. The number of hydrogen-bond acceptors (Lipinski definition) is 4. The Morgan fingerprint density at radius 1 is 1.67 bits per heavy atom. The van der Waals surface area contributed by atoms with E-state index in [4.69, 9.17) is 0 Å². The number of aryl methyl sites for hydroxylation is 1. The molecule has 1 aromatic heterocycles. The lowest BCUT2D eigenvalue weighted by Crippen LogP contribution is -2.23. The minimum Gasteiger partial charge on any atom is -0.468 e. The molecule has 80 valence electrons. The number of carbonyl (C=O) groups is 1. The van der Waals surface area contributed by atoms with Gasteiger partial charge in [0.15, 0.2) is 0 Å². The van der Waals surface area contributed by atoms with Gasteiger partial charge < -0.3 is 4.74 Å². The summed E-state index contributed by atoms with van der Waals surface area (Å²) in [5.41, 5.74) is -0.0198. The first-order chi connectivity index (χ1) is 7.33. The molecule has 0 spiro atoms. The highest BCUT2D eigenvalue weighted by molar-refractivity contribution is 5.36. The van der Waals surface area contributed by atoms with Crippen LogP contribution in [-0.4, -0.2) is 22.6 Å². The third kappa shape index (κ3) is 1.91. The minimum absolute atomic E-state index is 0.0198. The lowest BCUT2D eigenvalue weighted by molar-refractivity contribution is -0.128. The fourth-order valence-corrected chi connectivity index (χ4v) is 1.98. The van der Waals surface area contributed by atoms with Crippen LogP contribution in [0.2, 0.25) is 0 Å². The quantitative estimate of drug-likeness (QED) is 0.527. The van der Waals surface area contributed by atoms with E-state index in [-0.39, 0.29) is 11.6 Å². The summed E-state index contributed by atoms with van der Waals surface area (Å²) in [6, 6.07) is 1.59. The van der Waals surface area contributed by atoms with Gasteiger partial charge in [-0.15, -0.1) is 0 Å². The van der Waals surface area contributed by atoms with Crippen molar-refractivity contribution in [1.29, 1.82) is 0 Å². The second-order valence-electron chi connectivity index (χ2n) is 3.52. The first-order valence-corrected chi connectivity index (χ1v) is 4.94. The number of hydrogen-bond donors (Lipinski definition) is 0. The molecule has 0 bridgehead atoms. The van der Waals surface area contributed by atoms with E-state index in [1.807, 2.05) is 0 Å². The van der Waals surface area contributed by atoms with Gasteiger partial charge in [-0.3, -0.25) is 14.2 Å². The van der Waals surface area contributed by atoms with Crippen LogP contribution >= 0.6 is 0 Å². The zero-order chi connectivity index (χ0) is 10.7. The molecule has 0 saturated carbocycles. The Labute approximate surface area is 86.7 Å². The monoisotopic (exact) mass is 208 g/mol. The maximum atomic E-state index is 11.6. The summed E-state index contributed by atoms with van der Waals surface area (Å²) in [7, 11) is 0. The third-order valence-electron chi connectivity index (χ3n) is 2.66. The summed E-state index contributed by atoms with van der Waals surface area (Å²) >= 11 is 0. The Bertz CT molecular complexity index is 413. The van der Waals surface area contributed by atoms with E-state index in [2.05, 4.69) is 9.72 Å². The maximum Gasteiger partial charge on any atom is 0.293 e. The van der Waals surface area contributed by atoms with Gasteiger partial charge in [0.25, 0.3) is 12.0 Å². The normalized spacial score (nSPS) is 18.5. The van der Waals surface area contributed by atoms with Crippen LogP contribution in [0.15, 0.2) is 17.1 Å². The van der Waals surface area contributed by atoms with Gasteiger partial charge >= 0.3 is 0 Å². The predicted octanol–water partition coefficient (Wildman–Crippen LogP) is 0.294. The third-order valence-corrected chi connectivity index (χ3v) is 2.66. The molecule has 1 atom stereocenters. The summed E-state index contributed by atoms with van der Waals surface area (Å²) in [6.45, 7) is 0.789. The fourth-order valence-electron chi connectivity index (χ4n) is 1.98. The van der Waals surface area contributed by atoms with Crippen LogP contribution in [0, 0.1) is 0 Å². The number of ether oxygens (including phenoxy) is 1. The van der Waals surface area contributed by atoms with E-state index in [1.54, 1.807) is 10.8 Å². The van der Waals surface area contributed by atoms with Gasteiger partial charge in [0.05, 0.1) is 6.61 Å². The topological polar surface area (TPSA) is 61.2 Å². The average Bonchev–Trinajstić information content (AvgIpc) is 2.63. The van der Waals surface area contributed by atoms with Crippen molar-refractivity contribution in [3.8, 4) is 0 Å². The second kappa shape index (κ2) is 4.25. The van der Waals surface area contributed by atoms with E-state index < -0.39 is 0 Å². The Morgan fingerprint density at radius 2 is 2.53 bits per heavy atom. The van der Waals surface area contributed by atoms with Crippen LogP contribution in [0.4, 0.5) is 0 Å². The molecule has 1 aliphatic heterocycles. The van der Waals surface area contributed by atoms with Gasteiger partial charge in [-0.2, -0.15) is 0 Å². The highest BCUT2D eigenvalue weighted by atomic mass is 16.5. The van der Waals surface area contributed by atoms with Crippen molar-refractivity contribution in [3.05, 3.63) is 28.4 Å². The number of aromatic nitrogens is 2. The van der Waals surface area contributed by atoms with E-state index in [1.165, 1.54) is 6.07 Å². The second-order valence-corrected chi connectivity index (χ2v) is 3.52. The molecule has 2 rings (SSSR count). The fraction of sp³-hybridized carbons (Fsp3) is 0.500. The van der Waals surface area contributed by atoms with E-state index in [0.717, 1.165) is 18.7 Å². The smallest absolute Gasteiger partial charge is 0.293 e. The van der Waals surface area contributed by atoms with Crippen LogP contribution in [0.25, 0.3) is 0 Å². The van der Waals surface area contributed by atoms with Crippen LogP contribution in [-0.2, 0) is 16.0 Å².